The predicted octanol–water partition coefficient (Wildman–Crippen LogP) is 7.07. The summed E-state index contributed by atoms with van der Waals surface area (Å²) in [5, 5.41) is 0. The van der Waals surface area contributed by atoms with E-state index in [9.17, 15) is 0 Å². The molecule has 0 nitrogen and oxygen atoms in total. The van der Waals surface area contributed by atoms with Gasteiger partial charge < -0.3 is 0 Å². The van der Waals surface area contributed by atoms with Crippen molar-refractivity contribution in [3.05, 3.63) is 23.3 Å². The van der Waals surface area contributed by atoms with E-state index < -0.39 is 0 Å². The van der Waals surface area contributed by atoms with Crippen LogP contribution in [0.1, 0.15) is 91.9 Å². The first-order chi connectivity index (χ1) is 9.65. The van der Waals surface area contributed by atoms with Gasteiger partial charge in [-0.25, -0.2) is 0 Å². The Balaban J connectivity index is 2.34. The first-order valence-electron chi connectivity index (χ1n) is 9.00. The van der Waals surface area contributed by atoms with Gasteiger partial charge in [-0.15, -0.1) is 0 Å². The van der Waals surface area contributed by atoms with Crippen molar-refractivity contribution in [2.75, 3.05) is 0 Å². The largest absolute Gasteiger partial charge is 0.0733 e. The first kappa shape index (κ1) is 17.5. The lowest BCUT2D eigenvalue weighted by Gasteiger charge is -2.26. The molecule has 20 heavy (non-hydrogen) atoms. The minimum atomic E-state index is 0.983. The standard InChI is InChI=1S/C20H36/c1-5-7-8-17(3)9-12-19(6-2)15-16-20-13-10-18(4)11-14-20/h9,12,18,20H,5-8,10-11,13-16H2,1-4H3/b17-9-,19-12+. The topological polar surface area (TPSA) is 0 Å². The number of unbranched alkanes of at least 4 members (excludes halogenated alkanes) is 1. The molecule has 0 atom stereocenters. The van der Waals surface area contributed by atoms with Crippen molar-refractivity contribution < 1.29 is 0 Å². The molecule has 1 saturated carbocycles. The molecule has 0 radical (unpaired) electrons. The lowest BCUT2D eigenvalue weighted by Crippen LogP contribution is -2.12. The molecule has 1 fully saturated rings. The smallest absolute Gasteiger partial charge is 0.0315 e. The maximum Gasteiger partial charge on any atom is -0.0315 e. The van der Waals surface area contributed by atoms with E-state index >= 15 is 0 Å². The number of allylic oxidation sites excluding steroid dienone is 4. The molecular formula is C20H36. The molecule has 0 amide bonds. The highest BCUT2D eigenvalue weighted by Gasteiger charge is 2.17. The maximum atomic E-state index is 2.41. The highest BCUT2D eigenvalue weighted by Crippen LogP contribution is 2.32. The number of rotatable bonds is 8. The summed E-state index contributed by atoms with van der Waals surface area (Å²) in [6.45, 7) is 9.27. The van der Waals surface area contributed by atoms with Gasteiger partial charge in [0.25, 0.3) is 0 Å². The molecule has 0 aromatic heterocycles. The molecule has 0 heterocycles. The van der Waals surface area contributed by atoms with Crippen LogP contribution in [0.25, 0.3) is 0 Å². The highest BCUT2D eigenvalue weighted by atomic mass is 14.2. The van der Waals surface area contributed by atoms with Gasteiger partial charge in [0.2, 0.25) is 0 Å². The zero-order chi connectivity index (χ0) is 14.8. The van der Waals surface area contributed by atoms with Crippen LogP contribution in [-0.2, 0) is 0 Å². The molecule has 0 unspecified atom stereocenters. The van der Waals surface area contributed by atoms with Crippen LogP contribution >= 0.6 is 0 Å². The molecule has 0 N–H and O–H groups in total. The average molecular weight is 277 g/mol. The van der Waals surface area contributed by atoms with Gasteiger partial charge in [-0.3, -0.25) is 0 Å². The van der Waals surface area contributed by atoms with E-state index in [1.165, 1.54) is 64.2 Å². The van der Waals surface area contributed by atoms with Crippen molar-refractivity contribution in [2.24, 2.45) is 11.8 Å². The summed E-state index contributed by atoms with van der Waals surface area (Å²) in [7, 11) is 0. The molecule has 0 aliphatic heterocycles. The monoisotopic (exact) mass is 276 g/mol. The van der Waals surface area contributed by atoms with Crippen LogP contribution in [0.5, 0.6) is 0 Å². The van der Waals surface area contributed by atoms with Gasteiger partial charge in [-0.1, -0.05) is 76.2 Å². The van der Waals surface area contributed by atoms with Crippen LogP contribution in [0, 0.1) is 11.8 Å². The fourth-order valence-corrected chi connectivity index (χ4v) is 3.18. The molecule has 1 aliphatic rings. The van der Waals surface area contributed by atoms with E-state index in [0.717, 1.165) is 11.8 Å². The minimum Gasteiger partial charge on any atom is -0.0733 e. The zero-order valence-electron chi connectivity index (χ0n) is 14.4. The molecule has 0 saturated heterocycles. The van der Waals surface area contributed by atoms with Crippen molar-refractivity contribution in [3.8, 4) is 0 Å². The summed E-state index contributed by atoms with van der Waals surface area (Å²) in [6.07, 6.45) is 18.5. The minimum absolute atomic E-state index is 0.983. The third-order valence-corrected chi connectivity index (χ3v) is 4.99. The molecular weight excluding hydrogens is 240 g/mol. The van der Waals surface area contributed by atoms with Crippen LogP contribution < -0.4 is 0 Å². The Hall–Kier alpha value is -0.520. The number of hydrogen-bond donors (Lipinski definition) is 0. The normalized spacial score (nSPS) is 25.0. The Morgan fingerprint density at radius 2 is 1.70 bits per heavy atom. The lowest BCUT2D eigenvalue weighted by atomic mass is 9.80. The van der Waals surface area contributed by atoms with E-state index in [4.69, 9.17) is 0 Å². The average Bonchev–Trinajstić information content (AvgIpc) is 2.47. The summed E-state index contributed by atoms with van der Waals surface area (Å²) in [6, 6.07) is 0. The van der Waals surface area contributed by atoms with Crippen LogP contribution in [0.15, 0.2) is 23.3 Å². The van der Waals surface area contributed by atoms with Crippen LogP contribution in [0.2, 0.25) is 0 Å². The fraction of sp³-hybridized carbons (Fsp3) is 0.800. The molecule has 0 bridgehead atoms. The summed E-state index contributed by atoms with van der Waals surface area (Å²) >= 11 is 0. The molecule has 0 spiro atoms. The van der Waals surface area contributed by atoms with Gasteiger partial charge >= 0.3 is 0 Å². The van der Waals surface area contributed by atoms with Gasteiger partial charge in [-0.2, -0.15) is 0 Å². The van der Waals surface area contributed by atoms with E-state index in [1.54, 1.807) is 11.1 Å². The van der Waals surface area contributed by atoms with Gasteiger partial charge in [0.05, 0.1) is 0 Å². The Labute approximate surface area is 127 Å². The van der Waals surface area contributed by atoms with Crippen molar-refractivity contribution in [1.82, 2.24) is 0 Å². The van der Waals surface area contributed by atoms with E-state index in [0.29, 0.717) is 0 Å². The maximum absolute atomic E-state index is 2.41. The summed E-state index contributed by atoms with van der Waals surface area (Å²) in [5.41, 5.74) is 3.20. The molecule has 1 aliphatic carbocycles. The van der Waals surface area contributed by atoms with Crippen LogP contribution in [0.4, 0.5) is 0 Å². The molecule has 0 heteroatoms. The third-order valence-electron chi connectivity index (χ3n) is 4.99. The Morgan fingerprint density at radius 1 is 1.00 bits per heavy atom. The van der Waals surface area contributed by atoms with Crippen molar-refractivity contribution >= 4 is 0 Å². The van der Waals surface area contributed by atoms with Crippen molar-refractivity contribution in [2.45, 2.75) is 91.9 Å². The van der Waals surface area contributed by atoms with Gasteiger partial charge in [0, 0.05) is 0 Å². The molecule has 1 rings (SSSR count). The quantitative estimate of drug-likeness (QED) is 0.416. The Morgan fingerprint density at radius 3 is 2.30 bits per heavy atom. The van der Waals surface area contributed by atoms with E-state index in [-0.39, 0.29) is 0 Å². The van der Waals surface area contributed by atoms with Crippen molar-refractivity contribution in [3.63, 3.8) is 0 Å². The van der Waals surface area contributed by atoms with Crippen LogP contribution in [-0.4, -0.2) is 0 Å². The molecule has 0 aromatic carbocycles. The van der Waals surface area contributed by atoms with E-state index in [2.05, 4.69) is 39.8 Å². The van der Waals surface area contributed by atoms with Crippen molar-refractivity contribution in [1.29, 1.82) is 0 Å². The van der Waals surface area contributed by atoms with Gasteiger partial charge in [0.1, 0.15) is 0 Å². The Kier molecular flexibility index (Phi) is 8.98. The summed E-state index contributed by atoms with van der Waals surface area (Å²) in [5.74, 6) is 1.99. The molecule has 0 aromatic rings. The second-order valence-electron chi connectivity index (χ2n) is 6.96. The summed E-state index contributed by atoms with van der Waals surface area (Å²) in [4.78, 5) is 0. The van der Waals surface area contributed by atoms with E-state index in [1.807, 2.05) is 0 Å². The van der Waals surface area contributed by atoms with Crippen LogP contribution in [0.3, 0.4) is 0 Å². The fourth-order valence-electron chi connectivity index (χ4n) is 3.18. The first-order valence-corrected chi connectivity index (χ1v) is 9.00. The lowest BCUT2D eigenvalue weighted by molar-refractivity contribution is 0.277. The summed E-state index contributed by atoms with van der Waals surface area (Å²) < 4.78 is 0. The second kappa shape index (κ2) is 10.2. The Bertz CT molecular complexity index is 300. The second-order valence-corrected chi connectivity index (χ2v) is 6.96. The molecule has 116 valence electrons. The predicted molar refractivity (Wildman–Crippen MR) is 92.0 cm³/mol. The zero-order valence-corrected chi connectivity index (χ0v) is 14.4. The highest BCUT2D eigenvalue weighted by molar-refractivity contribution is 5.16. The SMILES string of the molecule is CCCC/C(C)=C\C=C(/CC)CCC1CCC(C)CC1. The van der Waals surface area contributed by atoms with Gasteiger partial charge in [-0.05, 0) is 50.9 Å². The number of hydrogen-bond acceptors (Lipinski definition) is 0. The third kappa shape index (κ3) is 7.31. The van der Waals surface area contributed by atoms with Gasteiger partial charge in [0.15, 0.2) is 0 Å².